The van der Waals surface area contributed by atoms with Gasteiger partial charge in [0.25, 0.3) is 0 Å². The van der Waals surface area contributed by atoms with Crippen LogP contribution >= 0.6 is 6.72 Å². The first kappa shape index (κ1) is 36.0. The topological polar surface area (TPSA) is 225 Å². The molecule has 0 aromatic carbocycles. The molecule has 9 nitrogen and oxygen atoms in total. The third-order valence-electron chi connectivity index (χ3n) is 0.702. The average Bonchev–Trinajstić information content (AvgIpc) is 1.81. The van der Waals surface area contributed by atoms with E-state index >= 15 is 0 Å². The van der Waals surface area contributed by atoms with Crippen LogP contribution in [0.3, 0.4) is 0 Å². The summed E-state index contributed by atoms with van der Waals surface area (Å²) in [5, 5.41) is 8.69. The van der Waals surface area contributed by atoms with Crippen molar-refractivity contribution in [2.24, 2.45) is 5.73 Å². The van der Waals surface area contributed by atoms with E-state index in [0.29, 0.717) is 0 Å². The molecule has 2 atom stereocenters. The van der Waals surface area contributed by atoms with Crippen molar-refractivity contribution in [1.29, 1.82) is 0 Å². The molecule has 0 heterocycles. The third kappa shape index (κ3) is 31.3. The maximum atomic E-state index is 10.2. The summed E-state index contributed by atoms with van der Waals surface area (Å²) in [5.41, 5.74) is 4.97. The van der Waals surface area contributed by atoms with Crippen LogP contribution in [0.2, 0.25) is 0 Å². The number of nitrogens with two attached hydrogens (primary N) is 1. The average molecular weight is 281 g/mol. The Hall–Kier alpha value is 1.29. The van der Waals surface area contributed by atoms with E-state index < -0.39 is 12.8 Å². The van der Waals surface area contributed by atoms with Crippen molar-refractivity contribution in [1.82, 2.24) is 0 Å². The number of aliphatic hydroxyl groups excluding tert-OH is 1. The van der Waals surface area contributed by atoms with Gasteiger partial charge in [0, 0.05) is 6.54 Å². The Morgan fingerprint density at radius 1 is 1.33 bits per heavy atom. The van der Waals surface area contributed by atoms with E-state index in [1.807, 2.05) is 0 Å². The molecule has 0 bridgehead atoms. The van der Waals surface area contributed by atoms with Crippen molar-refractivity contribution in [2.45, 2.75) is 6.10 Å². The van der Waals surface area contributed by atoms with Gasteiger partial charge in [-0.15, -0.1) is 0 Å². The summed E-state index contributed by atoms with van der Waals surface area (Å²) in [7, 11) is 0. The zero-order valence-corrected chi connectivity index (χ0v) is 11.8. The molecule has 94 valence electrons. The van der Waals surface area contributed by atoms with Gasteiger partial charge in [-0.2, -0.15) is 0 Å². The molecule has 15 heavy (non-hydrogen) atoms. The Morgan fingerprint density at radius 3 is 1.87 bits per heavy atom. The fourth-order valence-electron chi connectivity index (χ4n) is 0.248. The number of rotatable bonds is 4. The smallest absolute Gasteiger partial charge is 0.780 e. The molecule has 12 heteroatoms. The van der Waals surface area contributed by atoms with Crippen molar-refractivity contribution >= 4 is 18.5 Å². The molecule has 12 N–H and O–H groups in total. The van der Waals surface area contributed by atoms with Gasteiger partial charge in [-0.3, -0.25) is 0 Å². The molecule has 0 amide bonds. The second kappa shape index (κ2) is 17.7. The van der Waals surface area contributed by atoms with Crippen molar-refractivity contribution in [3.63, 3.8) is 0 Å². The zero-order valence-electron chi connectivity index (χ0n) is 8.14. The summed E-state index contributed by atoms with van der Waals surface area (Å²) in [6.07, 6.45) is -0.927. The first-order valence-corrected chi connectivity index (χ1v) is 5.11. The largest absolute Gasteiger partial charge is 1.00 e. The number of aliphatic hydroxyl groups is 1. The molecule has 1 unspecified atom stereocenters. The van der Waals surface area contributed by atoms with Crippen LogP contribution in [0.4, 0.5) is 0 Å². The third-order valence-corrected chi connectivity index (χ3v) is 1.49. The van der Waals surface area contributed by atoms with Gasteiger partial charge >= 0.3 is 29.6 Å². The summed E-state index contributed by atoms with van der Waals surface area (Å²) in [6.45, 7) is -4.18. The van der Waals surface area contributed by atoms with Crippen LogP contribution < -0.4 is 40.2 Å². The monoisotopic (exact) mass is 281 g/mol. The molecule has 0 saturated heterocycles. The summed E-state index contributed by atoms with van der Waals surface area (Å²) in [4.78, 5) is 18.6. The van der Waals surface area contributed by atoms with Crippen LogP contribution in [0.15, 0.2) is 0 Å². The van der Waals surface area contributed by atoms with E-state index in [9.17, 15) is 4.89 Å². The molecule has 0 aromatic heterocycles. The first-order valence-electron chi connectivity index (χ1n) is 2.52. The van der Waals surface area contributed by atoms with E-state index in [2.05, 4.69) is 16.3 Å². The molecule has 0 aromatic rings. The Kier molecular flexibility index (Phi) is 42.4. The van der Waals surface area contributed by atoms with Gasteiger partial charge in [0.15, 0.2) is 0 Å². The second-order valence-corrected chi connectivity index (χ2v) is 4.23. The minimum absolute atomic E-state index is 0. The van der Waals surface area contributed by atoms with Crippen molar-refractivity contribution in [2.75, 3.05) is 13.2 Å². The van der Waals surface area contributed by atoms with Gasteiger partial charge in [-0.1, -0.05) is 11.8 Å². The molecule has 0 spiro atoms. The summed E-state index contributed by atoms with van der Waals surface area (Å²) >= 11 is 3.99. The van der Waals surface area contributed by atoms with Gasteiger partial charge < -0.3 is 47.1 Å². The number of hydrogen-bond donors (Lipinski definition) is 3. The van der Waals surface area contributed by atoms with Crippen LogP contribution in [0.1, 0.15) is 0 Å². The Bertz CT molecular complexity index is 146. The predicted molar refractivity (Wildman–Crippen MR) is 52.0 cm³/mol. The SMILES string of the molecule is NC[C@H](O)COP([O-])(O)=S.O.O.O.O.[Na+]. The van der Waals surface area contributed by atoms with E-state index in [1.165, 1.54) is 0 Å². The van der Waals surface area contributed by atoms with Crippen molar-refractivity contribution in [3.05, 3.63) is 0 Å². The summed E-state index contributed by atoms with van der Waals surface area (Å²) in [6, 6.07) is 0. The molecule has 0 aliphatic carbocycles. The van der Waals surface area contributed by atoms with Gasteiger partial charge in [0.2, 0.25) is 0 Å². The molecule has 0 fully saturated rings. The Balaban J connectivity index is -0.0000000405. The van der Waals surface area contributed by atoms with Gasteiger partial charge in [-0.25, -0.2) is 0 Å². The van der Waals surface area contributed by atoms with E-state index in [4.69, 9.17) is 15.7 Å². The number of hydrogen-bond acceptors (Lipinski definition) is 5. The standard InChI is InChI=1S/C3H10NO4PS.Na.4H2O/c4-1-3(5)2-8-9(6,7)10;;;;;/h3,5H,1-2,4H2,(H2,6,7,10);;4*1H2/q;+1;;;;/p-1/t3-;;;;;/m0...../s1. The minimum Gasteiger partial charge on any atom is -0.780 e. The second-order valence-electron chi connectivity index (χ2n) is 1.65. The van der Waals surface area contributed by atoms with Gasteiger partial charge in [-0.05, 0) is 0 Å². The first-order chi connectivity index (χ1) is 4.45. The van der Waals surface area contributed by atoms with Gasteiger partial charge in [0.05, 0.1) is 12.7 Å². The molecular formula is C3H17NNaO8PS. The van der Waals surface area contributed by atoms with Crippen molar-refractivity contribution < 1.29 is 70.9 Å². The zero-order chi connectivity index (χ0) is 8.20. The fourth-order valence-corrected chi connectivity index (χ4v) is 0.791. The van der Waals surface area contributed by atoms with E-state index in [1.54, 1.807) is 0 Å². The Morgan fingerprint density at radius 2 is 1.67 bits per heavy atom. The molecular weight excluding hydrogens is 264 g/mol. The Labute approximate surface area is 114 Å². The van der Waals surface area contributed by atoms with Crippen LogP contribution in [0.5, 0.6) is 0 Å². The van der Waals surface area contributed by atoms with Crippen LogP contribution in [0.25, 0.3) is 0 Å². The van der Waals surface area contributed by atoms with Crippen molar-refractivity contribution in [3.8, 4) is 0 Å². The van der Waals surface area contributed by atoms with Crippen LogP contribution in [-0.4, -0.2) is 51.2 Å². The summed E-state index contributed by atoms with van der Waals surface area (Å²) in [5.74, 6) is 0. The van der Waals surface area contributed by atoms with Gasteiger partial charge in [0.1, 0.15) is 6.72 Å². The van der Waals surface area contributed by atoms with E-state index in [0.717, 1.165) is 0 Å². The maximum Gasteiger partial charge on any atom is 1.00 e. The summed E-state index contributed by atoms with van der Waals surface area (Å²) < 4.78 is 4.18. The minimum atomic E-state index is -3.86. The molecule has 0 aliphatic heterocycles. The maximum absolute atomic E-state index is 10.2. The van der Waals surface area contributed by atoms with E-state index in [-0.39, 0.29) is 64.6 Å². The molecule has 0 rings (SSSR count). The normalized spacial score (nSPS) is 13.3. The quantitative estimate of drug-likeness (QED) is 0.334. The molecule has 0 radical (unpaired) electrons. The molecule has 0 saturated carbocycles. The van der Waals surface area contributed by atoms with Crippen LogP contribution in [0, 0.1) is 0 Å². The molecule has 0 aliphatic rings. The van der Waals surface area contributed by atoms with Crippen LogP contribution in [-0.2, 0) is 16.3 Å². The fraction of sp³-hybridized carbons (Fsp3) is 1.00. The predicted octanol–water partition coefficient (Wildman–Crippen LogP) is -8.40.